The average Bonchev–Trinajstić information content (AvgIpc) is 3.47. The van der Waals surface area contributed by atoms with Crippen LogP contribution in [0.5, 0.6) is 0 Å². The number of fused-ring (bicyclic) bond motifs is 4. The van der Waals surface area contributed by atoms with Crippen molar-refractivity contribution in [3.63, 3.8) is 0 Å². The maximum absolute atomic E-state index is 13.4. The molecule has 4 heterocycles. The van der Waals surface area contributed by atoms with Gasteiger partial charge in [-0.1, -0.05) is 51.2 Å². The molecule has 4 atom stereocenters. The molecule has 6 rings (SSSR count). The van der Waals surface area contributed by atoms with Crippen LogP contribution in [-0.2, 0) is 4.74 Å². The van der Waals surface area contributed by atoms with Crippen molar-refractivity contribution in [3.05, 3.63) is 77.7 Å². The van der Waals surface area contributed by atoms with Gasteiger partial charge in [-0.05, 0) is 59.4 Å². The van der Waals surface area contributed by atoms with E-state index in [-0.39, 0.29) is 17.2 Å². The molecule has 206 valence electrons. The van der Waals surface area contributed by atoms with Crippen molar-refractivity contribution in [2.24, 2.45) is 22.6 Å². The Hall–Kier alpha value is -3.26. The lowest BCUT2D eigenvalue weighted by Gasteiger charge is -2.43. The van der Waals surface area contributed by atoms with E-state index < -0.39 is 0 Å². The minimum absolute atomic E-state index is 0.0790. The van der Waals surface area contributed by atoms with E-state index in [9.17, 15) is 4.79 Å². The van der Waals surface area contributed by atoms with Crippen molar-refractivity contribution in [2.75, 3.05) is 25.5 Å². The highest BCUT2D eigenvalue weighted by atomic mass is 32.2. The Morgan fingerprint density at radius 2 is 2.10 bits per heavy atom. The Bertz CT molecular complexity index is 1270. The lowest BCUT2D eigenvalue weighted by molar-refractivity contribution is 0.0946. The molecule has 7 nitrogen and oxygen atoms in total. The van der Waals surface area contributed by atoms with Gasteiger partial charge in [0.1, 0.15) is 5.82 Å². The number of carbonyl (C=O) groups is 1. The number of amides is 1. The SMILES string of the molecule is C=C1C2=CC=CC1Nc1cc(c(C(=O)NCC3CCCC3)cn1)C(=C)C1SC(CCOC(=NC)C2=CN)[C@@H]1C. The predicted molar refractivity (Wildman–Crippen MR) is 162 cm³/mol. The molecule has 3 unspecified atom stereocenters. The van der Waals surface area contributed by atoms with Crippen LogP contribution >= 0.6 is 11.8 Å². The third-order valence-corrected chi connectivity index (χ3v) is 10.4. The van der Waals surface area contributed by atoms with Crippen LogP contribution in [0.4, 0.5) is 5.82 Å². The fourth-order valence-electron chi connectivity index (χ4n) is 5.97. The molecule has 1 saturated carbocycles. The first kappa shape index (κ1) is 27.3. The van der Waals surface area contributed by atoms with Gasteiger partial charge in [0.05, 0.1) is 23.8 Å². The van der Waals surface area contributed by atoms with Crippen molar-refractivity contribution in [3.8, 4) is 0 Å². The predicted octanol–water partition coefficient (Wildman–Crippen LogP) is 5.26. The van der Waals surface area contributed by atoms with Crippen LogP contribution in [-0.4, -0.2) is 53.5 Å². The number of rotatable bonds is 3. The van der Waals surface area contributed by atoms with Gasteiger partial charge in [-0.2, -0.15) is 0 Å². The van der Waals surface area contributed by atoms with Gasteiger partial charge in [-0.25, -0.2) is 4.98 Å². The van der Waals surface area contributed by atoms with Gasteiger partial charge in [0.15, 0.2) is 0 Å². The topological polar surface area (TPSA) is 102 Å². The summed E-state index contributed by atoms with van der Waals surface area (Å²) >= 11 is 1.89. The second kappa shape index (κ2) is 11.9. The largest absolute Gasteiger partial charge is 0.477 e. The van der Waals surface area contributed by atoms with Gasteiger partial charge >= 0.3 is 0 Å². The molecular formula is C31H39N5O2S. The number of nitrogens with one attached hydrogen (secondary N) is 2. The minimum Gasteiger partial charge on any atom is -0.477 e. The smallest absolute Gasteiger partial charge is 0.253 e. The molecule has 8 heteroatoms. The summed E-state index contributed by atoms with van der Waals surface area (Å²) in [5.74, 6) is 2.06. The Balaban J connectivity index is 1.47. The monoisotopic (exact) mass is 545 g/mol. The van der Waals surface area contributed by atoms with E-state index in [1.54, 1.807) is 13.2 Å². The van der Waals surface area contributed by atoms with Crippen LogP contribution in [0, 0.1) is 11.8 Å². The van der Waals surface area contributed by atoms with E-state index in [1.165, 1.54) is 31.9 Å². The Morgan fingerprint density at radius 3 is 2.82 bits per heavy atom. The molecule has 0 aromatic carbocycles. The fourth-order valence-corrected chi connectivity index (χ4v) is 7.45. The number of anilines is 1. The molecule has 3 aliphatic heterocycles. The number of aromatic nitrogens is 1. The summed E-state index contributed by atoms with van der Waals surface area (Å²) in [4.78, 5) is 22.4. The number of nitrogens with zero attached hydrogens (tertiary/aromatic N) is 2. The maximum Gasteiger partial charge on any atom is 0.253 e. The van der Waals surface area contributed by atoms with Crippen LogP contribution in [0.1, 0.15) is 54.9 Å². The van der Waals surface area contributed by atoms with E-state index in [2.05, 4.69) is 40.7 Å². The van der Waals surface area contributed by atoms with E-state index in [0.717, 1.165) is 28.7 Å². The lowest BCUT2D eigenvalue weighted by atomic mass is 9.88. The number of hydrogen-bond donors (Lipinski definition) is 3. The number of thioether (sulfide) groups is 1. The normalized spacial score (nSPS) is 29.4. The van der Waals surface area contributed by atoms with Crippen LogP contribution < -0.4 is 16.4 Å². The van der Waals surface area contributed by atoms with Crippen molar-refractivity contribution < 1.29 is 9.53 Å². The Morgan fingerprint density at radius 1 is 1.31 bits per heavy atom. The highest BCUT2D eigenvalue weighted by Crippen LogP contribution is 2.50. The van der Waals surface area contributed by atoms with Crippen LogP contribution in [0.2, 0.25) is 0 Å². The first-order valence-corrected chi connectivity index (χ1v) is 14.8. The highest BCUT2D eigenvalue weighted by Gasteiger charge is 2.41. The van der Waals surface area contributed by atoms with Gasteiger partial charge in [0.2, 0.25) is 5.90 Å². The Kier molecular flexibility index (Phi) is 8.31. The van der Waals surface area contributed by atoms with Gasteiger partial charge < -0.3 is 21.1 Å². The molecular weight excluding hydrogens is 506 g/mol. The summed E-state index contributed by atoms with van der Waals surface area (Å²) in [5, 5.41) is 7.32. The van der Waals surface area contributed by atoms with Gasteiger partial charge in [-0.15, -0.1) is 11.8 Å². The van der Waals surface area contributed by atoms with Gasteiger partial charge in [0, 0.05) is 36.5 Å². The molecule has 4 N–H and O–H groups in total. The molecule has 2 aliphatic carbocycles. The van der Waals surface area contributed by atoms with Crippen LogP contribution in [0.15, 0.2) is 71.6 Å². The number of ether oxygens (including phenoxy) is 1. The molecule has 0 spiro atoms. The summed E-state index contributed by atoms with van der Waals surface area (Å²) in [6.07, 6.45) is 15.0. The van der Waals surface area contributed by atoms with Crippen molar-refractivity contribution in [1.29, 1.82) is 0 Å². The molecule has 2 fully saturated rings. The summed E-state index contributed by atoms with van der Waals surface area (Å²) < 4.78 is 6.14. The van der Waals surface area contributed by atoms with E-state index in [0.29, 0.717) is 53.1 Å². The standard InChI is InChI=1S/C31H39N5O2S/c1-18-22-10-7-11-26(18)36-28-14-23(25(17-34-28)30(37)35-16-21-8-5-6-9-21)19(2)29-20(3)27(39-29)12-13-38-31(33-4)24(22)15-32/h7,10-11,14-15,17,20-21,26-27,29H,1-2,5-6,8-9,12-13,16,32H2,3-4H3,(H,34,36)(H,35,37)/t20-,26?,27?,29?/m0/s1. The van der Waals surface area contributed by atoms with Crippen LogP contribution in [0.3, 0.4) is 0 Å². The van der Waals surface area contributed by atoms with Crippen LogP contribution in [0.25, 0.3) is 5.57 Å². The molecule has 1 aromatic heterocycles. The fraction of sp³-hybridized carbons (Fsp3) is 0.452. The number of hydrogen-bond acceptors (Lipinski definition) is 7. The van der Waals surface area contributed by atoms with E-state index in [4.69, 9.17) is 10.5 Å². The van der Waals surface area contributed by atoms with Gasteiger partial charge in [-0.3, -0.25) is 9.79 Å². The number of pyridine rings is 1. The molecule has 1 aromatic rings. The minimum atomic E-state index is -0.219. The maximum atomic E-state index is 13.4. The second-order valence-corrected chi connectivity index (χ2v) is 12.2. The zero-order valence-electron chi connectivity index (χ0n) is 22.9. The third kappa shape index (κ3) is 5.57. The zero-order chi connectivity index (χ0) is 27.5. The summed E-state index contributed by atoms with van der Waals surface area (Å²) in [5.41, 5.74) is 10.9. The van der Waals surface area contributed by atoms with Crippen molar-refractivity contribution in [1.82, 2.24) is 10.3 Å². The van der Waals surface area contributed by atoms with E-state index in [1.807, 2.05) is 36.1 Å². The van der Waals surface area contributed by atoms with E-state index >= 15 is 0 Å². The third-order valence-electron chi connectivity index (χ3n) is 8.37. The molecule has 5 aliphatic rings. The number of allylic oxidation sites excluding steroid dienone is 2. The molecule has 39 heavy (non-hydrogen) atoms. The second-order valence-electron chi connectivity index (χ2n) is 10.8. The number of carbonyl (C=O) groups excluding carboxylic acids is 1. The number of aliphatic imine (C=N–C) groups is 1. The zero-order valence-corrected chi connectivity index (χ0v) is 23.7. The van der Waals surface area contributed by atoms with Crippen molar-refractivity contribution in [2.45, 2.75) is 55.6 Å². The summed E-state index contributed by atoms with van der Waals surface area (Å²) in [6.45, 7) is 12.4. The van der Waals surface area contributed by atoms with Crippen molar-refractivity contribution >= 4 is 35.0 Å². The molecule has 6 bridgehead atoms. The summed E-state index contributed by atoms with van der Waals surface area (Å²) in [7, 11) is 1.71. The quantitative estimate of drug-likeness (QED) is 0.479. The average molecular weight is 546 g/mol. The lowest BCUT2D eigenvalue weighted by Crippen LogP contribution is -2.40. The molecule has 1 saturated heterocycles. The molecule has 0 radical (unpaired) electrons. The van der Waals surface area contributed by atoms with Gasteiger partial charge in [0.25, 0.3) is 5.91 Å². The first-order valence-electron chi connectivity index (χ1n) is 13.9. The number of nitrogens with two attached hydrogens (primary N) is 1. The molecule has 1 amide bonds. The summed E-state index contributed by atoms with van der Waals surface area (Å²) in [6, 6.07) is 1.75. The first-order chi connectivity index (χ1) is 18.9. The Labute approximate surface area is 235 Å². The highest BCUT2D eigenvalue weighted by molar-refractivity contribution is 8.02.